The van der Waals surface area contributed by atoms with Gasteiger partial charge < -0.3 is 19.9 Å². The Bertz CT molecular complexity index is 2020. The molecule has 9 nitrogen and oxygen atoms in total. The van der Waals surface area contributed by atoms with Crippen molar-refractivity contribution in [3.63, 3.8) is 0 Å². The number of rotatable bonds is 14. The van der Waals surface area contributed by atoms with Gasteiger partial charge in [-0.25, -0.2) is 21.6 Å². The average molecular weight is 795 g/mol. The number of hydrogen-bond acceptors (Lipinski definition) is 8. The van der Waals surface area contributed by atoms with Crippen molar-refractivity contribution in [1.29, 1.82) is 0 Å². The lowest BCUT2D eigenvalue weighted by Crippen LogP contribution is -2.65. The third kappa shape index (κ3) is 8.22. The van der Waals surface area contributed by atoms with Crippen molar-refractivity contribution in [2.45, 2.75) is 79.2 Å². The van der Waals surface area contributed by atoms with Crippen molar-refractivity contribution in [1.82, 2.24) is 9.80 Å². The first kappa shape index (κ1) is 40.3. The molecule has 3 aromatic carbocycles. The number of anilines is 2. The summed E-state index contributed by atoms with van der Waals surface area (Å²) in [4.78, 5) is 30.3. The van der Waals surface area contributed by atoms with Crippen LogP contribution in [0.5, 0.6) is 0 Å². The van der Waals surface area contributed by atoms with Gasteiger partial charge in [0.15, 0.2) is 5.67 Å². The second-order valence-electron chi connectivity index (χ2n) is 16.4. The second-order valence-corrected chi connectivity index (χ2v) is 18.3. The van der Waals surface area contributed by atoms with Crippen molar-refractivity contribution in [2.24, 2.45) is 17.8 Å². The molecule has 0 bridgehead atoms. The first-order chi connectivity index (χ1) is 26.8. The monoisotopic (exact) mass is 794 g/mol. The van der Waals surface area contributed by atoms with E-state index < -0.39 is 21.3 Å². The number of hydrogen-bond donors (Lipinski definition) is 1. The number of sulfone groups is 1. The van der Waals surface area contributed by atoms with E-state index in [1.54, 1.807) is 30.0 Å². The fourth-order valence-electron chi connectivity index (χ4n) is 9.99. The van der Waals surface area contributed by atoms with E-state index in [2.05, 4.69) is 21.2 Å². The Hall–Kier alpha value is -3.94. The predicted octanol–water partition coefficient (Wildman–Crippen LogP) is 7.01. The van der Waals surface area contributed by atoms with Gasteiger partial charge in [-0.2, -0.15) is 0 Å². The van der Waals surface area contributed by atoms with Gasteiger partial charge in [-0.05, 0) is 130 Å². The predicted molar refractivity (Wildman–Crippen MR) is 209 cm³/mol. The molecule has 3 heterocycles. The zero-order chi connectivity index (χ0) is 39.7. The molecule has 0 aromatic heterocycles. The Morgan fingerprint density at radius 2 is 1.62 bits per heavy atom. The zero-order valence-corrected chi connectivity index (χ0v) is 33.1. The Morgan fingerprint density at radius 3 is 2.29 bits per heavy atom. The molecule has 3 saturated heterocycles. The Morgan fingerprint density at radius 1 is 0.893 bits per heavy atom. The van der Waals surface area contributed by atoms with Crippen molar-refractivity contribution in [3.05, 3.63) is 83.9 Å². The lowest BCUT2D eigenvalue weighted by molar-refractivity contribution is -0.142. The van der Waals surface area contributed by atoms with Crippen LogP contribution in [-0.4, -0.2) is 95.2 Å². The molecule has 7 rings (SSSR count). The van der Waals surface area contributed by atoms with E-state index in [4.69, 9.17) is 4.74 Å². The summed E-state index contributed by atoms with van der Waals surface area (Å²) in [5, 5.41) is 2.64. The first-order valence-electron chi connectivity index (χ1n) is 20.0. The third-order valence-corrected chi connectivity index (χ3v) is 14.6. The number of nitrogens with one attached hydrogen (secondary N) is 1. The van der Waals surface area contributed by atoms with E-state index in [-0.39, 0.29) is 82.4 Å². The summed E-state index contributed by atoms with van der Waals surface area (Å²) in [6.07, 6.45) is 6.24. The van der Waals surface area contributed by atoms with E-state index >= 15 is 13.2 Å². The number of nitrogens with zero attached hydrogens (tertiary/aromatic N) is 3. The Balaban J connectivity index is 1.03. The summed E-state index contributed by atoms with van der Waals surface area (Å²) >= 11 is 0. The molecule has 302 valence electrons. The molecule has 1 amide bonds. The number of piperidine rings is 1. The molecule has 3 atom stereocenters. The minimum Gasteiger partial charge on any atom is -0.469 e. The SMILES string of the molecule is CCC(=O)Nc1cccc(S(=O)(=O)c2ccc(N3CC(F)(CN4CCC([C@@](CN5CCC5)(c5cccc(F)c5)[C@H]5CCC[C@@H]5CC(=O)OC)CC4)C3)c(F)c2)c1. The molecule has 4 fully saturated rings. The van der Waals surface area contributed by atoms with Crippen LogP contribution in [0.3, 0.4) is 0 Å². The highest BCUT2D eigenvalue weighted by Crippen LogP contribution is 2.54. The Kier molecular flexibility index (Phi) is 11.9. The normalized spacial score (nSPS) is 22.8. The molecular formula is C43H53F3N4O5S. The van der Waals surface area contributed by atoms with Gasteiger partial charge in [0.2, 0.25) is 15.7 Å². The zero-order valence-electron chi connectivity index (χ0n) is 32.3. The van der Waals surface area contributed by atoms with Crippen LogP contribution in [0.2, 0.25) is 0 Å². The summed E-state index contributed by atoms with van der Waals surface area (Å²) in [7, 11) is -2.66. The van der Waals surface area contributed by atoms with Gasteiger partial charge >= 0.3 is 5.97 Å². The van der Waals surface area contributed by atoms with E-state index in [1.807, 2.05) is 0 Å². The van der Waals surface area contributed by atoms with Crippen LogP contribution >= 0.6 is 0 Å². The van der Waals surface area contributed by atoms with Crippen LogP contribution in [0, 0.1) is 29.4 Å². The maximum Gasteiger partial charge on any atom is 0.305 e. The van der Waals surface area contributed by atoms with Crippen LogP contribution in [0.25, 0.3) is 0 Å². The smallest absolute Gasteiger partial charge is 0.305 e. The molecule has 0 unspecified atom stereocenters. The Labute approximate surface area is 328 Å². The summed E-state index contributed by atoms with van der Waals surface area (Å²) in [5.41, 5.74) is -0.466. The van der Waals surface area contributed by atoms with Gasteiger partial charge in [-0.15, -0.1) is 0 Å². The quantitative estimate of drug-likeness (QED) is 0.174. The average Bonchev–Trinajstić information content (AvgIpc) is 3.62. The lowest BCUT2D eigenvalue weighted by Gasteiger charge is -2.54. The largest absolute Gasteiger partial charge is 0.469 e. The number of amides is 1. The van der Waals surface area contributed by atoms with Crippen LogP contribution in [0.1, 0.15) is 63.9 Å². The number of benzene rings is 3. The highest BCUT2D eigenvalue weighted by molar-refractivity contribution is 7.91. The fourth-order valence-corrected chi connectivity index (χ4v) is 11.3. The fraction of sp³-hybridized carbons (Fsp3) is 0.535. The number of methoxy groups -OCH3 is 1. The first-order valence-corrected chi connectivity index (χ1v) is 21.5. The van der Waals surface area contributed by atoms with E-state index in [9.17, 15) is 18.0 Å². The number of halogens is 3. The standard InChI is InChI=1S/C43H53F3N4O5S/c1-3-40(51)47-34-11-6-12-35(24-34)56(53,54)36-14-15-39(38(45)25-36)50-27-42(46,28-50)26-49-20-16-31(17-21-49)43(29-48-18-7-19-48,32-9-5-10-33(44)23-32)37-13-4-8-30(37)22-41(52)55-2/h5-6,9-12,14-15,23-25,30-31,37H,3-4,7-8,13,16-22,26-29H2,1-2H3,(H,47,51)/t30-,37+,43+/m1/s1. The number of alkyl halides is 1. The van der Waals surface area contributed by atoms with E-state index in [0.29, 0.717) is 25.2 Å². The summed E-state index contributed by atoms with van der Waals surface area (Å²) < 4.78 is 78.7. The topological polar surface area (TPSA) is 99.3 Å². The van der Waals surface area contributed by atoms with Crippen molar-refractivity contribution in [2.75, 3.05) is 69.7 Å². The molecule has 1 N–H and O–H groups in total. The van der Waals surface area contributed by atoms with Crippen molar-refractivity contribution in [3.8, 4) is 0 Å². The van der Waals surface area contributed by atoms with Gasteiger partial charge in [0.1, 0.15) is 11.6 Å². The molecule has 1 saturated carbocycles. The summed E-state index contributed by atoms with van der Waals surface area (Å²) in [6.45, 7) is 5.99. The molecule has 0 spiro atoms. The third-order valence-electron chi connectivity index (χ3n) is 12.9. The number of likely N-dealkylation sites (tertiary alicyclic amines) is 2. The molecule has 3 aromatic rings. The van der Waals surface area contributed by atoms with Crippen molar-refractivity contribution < 1.29 is 35.9 Å². The number of esters is 1. The van der Waals surface area contributed by atoms with Crippen LogP contribution in [0.15, 0.2) is 76.5 Å². The molecular weight excluding hydrogens is 742 g/mol. The van der Waals surface area contributed by atoms with Gasteiger partial charge in [-0.1, -0.05) is 31.5 Å². The highest BCUT2D eigenvalue weighted by atomic mass is 32.2. The van der Waals surface area contributed by atoms with Crippen molar-refractivity contribution >= 4 is 33.1 Å². The molecule has 56 heavy (non-hydrogen) atoms. The minimum atomic E-state index is -4.09. The molecule has 1 aliphatic carbocycles. The van der Waals surface area contributed by atoms with Gasteiger partial charge in [-0.3, -0.25) is 14.5 Å². The summed E-state index contributed by atoms with van der Waals surface area (Å²) in [6, 6.07) is 16.6. The lowest BCUT2D eigenvalue weighted by atomic mass is 9.56. The van der Waals surface area contributed by atoms with Crippen LogP contribution in [0.4, 0.5) is 24.5 Å². The molecule has 3 aliphatic heterocycles. The van der Waals surface area contributed by atoms with Gasteiger partial charge in [0.05, 0.1) is 35.7 Å². The number of ether oxygens (including phenoxy) is 1. The van der Waals surface area contributed by atoms with Gasteiger partial charge in [0.25, 0.3) is 0 Å². The molecule has 13 heteroatoms. The molecule has 0 radical (unpaired) electrons. The number of carbonyl (C=O) groups excluding carboxylic acids is 2. The number of carbonyl (C=O) groups is 2. The van der Waals surface area contributed by atoms with Gasteiger partial charge in [0, 0.05) is 37.0 Å². The second kappa shape index (κ2) is 16.5. The maximum absolute atomic E-state index is 16.3. The minimum absolute atomic E-state index is 0.0193. The van der Waals surface area contributed by atoms with Crippen LogP contribution < -0.4 is 10.2 Å². The maximum atomic E-state index is 16.3. The highest BCUT2D eigenvalue weighted by Gasteiger charge is 2.53. The van der Waals surface area contributed by atoms with Crippen LogP contribution in [-0.2, 0) is 29.6 Å². The van der Waals surface area contributed by atoms with E-state index in [0.717, 1.165) is 69.8 Å². The summed E-state index contributed by atoms with van der Waals surface area (Å²) in [5.74, 6) is -0.954. The molecule has 4 aliphatic rings. The van der Waals surface area contributed by atoms with E-state index in [1.165, 1.54) is 43.5 Å².